The van der Waals surface area contributed by atoms with Gasteiger partial charge < -0.3 is 11.1 Å². The predicted molar refractivity (Wildman–Crippen MR) is 126 cm³/mol. The van der Waals surface area contributed by atoms with E-state index >= 15 is 0 Å². The molecule has 0 aliphatic carbocycles. The molecule has 0 saturated carbocycles. The molecule has 0 spiro atoms. The number of nitrogen functional groups attached to an aromatic ring is 1. The number of carbonyl (C=O) groups excluding carboxylic acids is 2. The van der Waals surface area contributed by atoms with Gasteiger partial charge in [0.05, 0.1) is 0 Å². The Hall–Kier alpha value is -3.02. The topological polar surface area (TPSA) is 75.4 Å². The molecule has 2 amide bonds. The molecule has 3 rings (SSSR count). The van der Waals surface area contributed by atoms with Gasteiger partial charge in [0.2, 0.25) is 11.8 Å². The van der Waals surface area contributed by atoms with E-state index in [-0.39, 0.29) is 11.8 Å². The number of hydrogen-bond acceptors (Lipinski definition) is 3. The van der Waals surface area contributed by atoms with E-state index in [2.05, 4.69) is 5.32 Å². The van der Waals surface area contributed by atoms with Crippen molar-refractivity contribution < 1.29 is 9.59 Å². The fourth-order valence-corrected chi connectivity index (χ4v) is 3.61. The van der Waals surface area contributed by atoms with Crippen LogP contribution in [0.15, 0.2) is 78.9 Å². The maximum Gasteiger partial charge on any atom is 0.247 e. The lowest BCUT2D eigenvalue weighted by atomic mass is 10.0. The number of nitrogens with one attached hydrogen (secondary N) is 1. The lowest BCUT2D eigenvalue weighted by Crippen LogP contribution is -2.45. The molecule has 0 saturated heterocycles. The highest BCUT2D eigenvalue weighted by atomic mass is 35.5. The smallest absolute Gasteiger partial charge is 0.247 e. The van der Waals surface area contributed by atoms with Crippen molar-refractivity contribution in [3.8, 4) is 0 Å². The number of benzene rings is 3. The summed E-state index contributed by atoms with van der Waals surface area (Å²) in [5.41, 5.74) is 8.59. The summed E-state index contributed by atoms with van der Waals surface area (Å²) in [6.45, 7) is 0.423. The quantitative estimate of drug-likeness (QED) is 0.385. The third-order valence-corrected chi connectivity index (χ3v) is 5.25. The lowest BCUT2D eigenvalue weighted by molar-refractivity contribution is -0.125. The molecule has 0 aliphatic rings. The van der Waals surface area contributed by atoms with Crippen LogP contribution in [-0.2, 0) is 16.0 Å². The van der Waals surface area contributed by atoms with Crippen molar-refractivity contribution in [1.82, 2.24) is 5.32 Å². The molecule has 0 fully saturated rings. The van der Waals surface area contributed by atoms with Crippen molar-refractivity contribution in [2.45, 2.75) is 12.5 Å². The Morgan fingerprint density at radius 1 is 0.968 bits per heavy atom. The molecule has 160 valence electrons. The van der Waals surface area contributed by atoms with E-state index in [1.54, 1.807) is 48.5 Å². The molecule has 3 N–H and O–H groups in total. The zero-order valence-electron chi connectivity index (χ0n) is 16.8. The van der Waals surface area contributed by atoms with Crippen molar-refractivity contribution in [2.75, 3.05) is 23.1 Å². The maximum atomic E-state index is 13.3. The van der Waals surface area contributed by atoms with Crippen LogP contribution in [0.1, 0.15) is 17.2 Å². The summed E-state index contributed by atoms with van der Waals surface area (Å²) >= 11 is 12.1. The monoisotopic (exact) mass is 455 g/mol. The van der Waals surface area contributed by atoms with Crippen LogP contribution in [-0.4, -0.2) is 24.2 Å². The minimum Gasteiger partial charge on any atom is -0.399 e. The first-order chi connectivity index (χ1) is 15.0. The van der Waals surface area contributed by atoms with Crippen LogP contribution >= 0.6 is 23.2 Å². The normalized spacial score (nSPS) is 11.5. The molecule has 0 radical (unpaired) electrons. The fraction of sp³-hybridized carbons (Fsp3) is 0.167. The number of carbonyl (C=O) groups is 2. The number of amides is 2. The Balaban J connectivity index is 1.92. The molecule has 1 atom stereocenters. The minimum atomic E-state index is -0.930. The minimum absolute atomic E-state index is 0.282. The first-order valence-electron chi connectivity index (χ1n) is 9.80. The fourth-order valence-electron chi connectivity index (χ4n) is 3.29. The Morgan fingerprint density at radius 3 is 2.32 bits per heavy atom. The summed E-state index contributed by atoms with van der Waals surface area (Å²) in [4.78, 5) is 27.6. The van der Waals surface area contributed by atoms with Gasteiger partial charge in [0.15, 0.2) is 0 Å². The number of nitrogens with two attached hydrogens (primary N) is 1. The summed E-state index contributed by atoms with van der Waals surface area (Å²) in [6.07, 6.45) is 0.668. The standard InChI is InChI=1S/C24H23Cl2N3O2/c25-16-22(30)29(21-8-4-7-19(26)15-21)23(18-9-11-20(27)12-10-18)24(31)28-14-13-17-5-2-1-3-6-17/h1-12,15,23H,13-14,16,27H2,(H,28,31). The third kappa shape index (κ3) is 6.00. The highest BCUT2D eigenvalue weighted by Crippen LogP contribution is 2.30. The van der Waals surface area contributed by atoms with Gasteiger partial charge in [-0.1, -0.05) is 60.1 Å². The molecule has 0 aromatic heterocycles. The maximum absolute atomic E-state index is 13.3. The van der Waals surface area contributed by atoms with Crippen LogP contribution in [0.2, 0.25) is 5.02 Å². The predicted octanol–water partition coefficient (Wildman–Crippen LogP) is 4.59. The molecule has 3 aromatic carbocycles. The Bertz CT molecular complexity index is 1030. The zero-order valence-corrected chi connectivity index (χ0v) is 18.3. The van der Waals surface area contributed by atoms with Crippen LogP contribution in [0.4, 0.5) is 11.4 Å². The van der Waals surface area contributed by atoms with E-state index in [9.17, 15) is 9.59 Å². The number of halogens is 2. The van der Waals surface area contributed by atoms with Gasteiger partial charge in [-0.3, -0.25) is 14.5 Å². The Kier molecular flexibility index (Phi) is 7.93. The molecule has 0 heterocycles. The second-order valence-corrected chi connectivity index (χ2v) is 7.68. The van der Waals surface area contributed by atoms with Gasteiger partial charge >= 0.3 is 0 Å². The average Bonchev–Trinajstić information content (AvgIpc) is 2.78. The van der Waals surface area contributed by atoms with Gasteiger partial charge in [-0.2, -0.15) is 0 Å². The van der Waals surface area contributed by atoms with E-state index in [0.717, 1.165) is 5.56 Å². The second kappa shape index (κ2) is 10.8. The van der Waals surface area contributed by atoms with Gasteiger partial charge in [-0.05, 0) is 47.9 Å². The van der Waals surface area contributed by atoms with Gasteiger partial charge in [-0.25, -0.2) is 0 Å². The molecule has 7 heteroatoms. The summed E-state index contributed by atoms with van der Waals surface area (Å²) in [5.74, 6) is -1.02. The second-order valence-electron chi connectivity index (χ2n) is 6.97. The van der Waals surface area contributed by atoms with Gasteiger partial charge in [0.1, 0.15) is 11.9 Å². The van der Waals surface area contributed by atoms with E-state index < -0.39 is 11.9 Å². The first kappa shape index (κ1) is 22.7. The van der Waals surface area contributed by atoms with E-state index in [1.165, 1.54) is 4.90 Å². The van der Waals surface area contributed by atoms with Crippen molar-refractivity contribution in [1.29, 1.82) is 0 Å². The van der Waals surface area contributed by atoms with Crippen LogP contribution in [0, 0.1) is 0 Å². The van der Waals surface area contributed by atoms with E-state index in [0.29, 0.717) is 34.9 Å². The number of nitrogens with zero attached hydrogens (tertiary/aromatic N) is 1. The van der Waals surface area contributed by atoms with Crippen molar-refractivity contribution in [3.63, 3.8) is 0 Å². The van der Waals surface area contributed by atoms with Gasteiger partial charge in [-0.15, -0.1) is 11.6 Å². The molecule has 0 aliphatic heterocycles. The summed E-state index contributed by atoms with van der Waals surface area (Å²) < 4.78 is 0. The molecule has 31 heavy (non-hydrogen) atoms. The lowest BCUT2D eigenvalue weighted by Gasteiger charge is -2.31. The molecule has 1 unspecified atom stereocenters. The zero-order chi connectivity index (χ0) is 22.2. The molecule has 0 bridgehead atoms. The van der Waals surface area contributed by atoms with E-state index in [1.807, 2.05) is 30.3 Å². The highest BCUT2D eigenvalue weighted by Gasteiger charge is 2.32. The number of rotatable bonds is 8. The third-order valence-electron chi connectivity index (χ3n) is 4.78. The van der Waals surface area contributed by atoms with Gasteiger partial charge in [0.25, 0.3) is 0 Å². The largest absolute Gasteiger partial charge is 0.399 e. The average molecular weight is 456 g/mol. The van der Waals surface area contributed by atoms with Crippen LogP contribution in [0.25, 0.3) is 0 Å². The SMILES string of the molecule is Nc1ccc(C(C(=O)NCCc2ccccc2)N(C(=O)CCl)c2cccc(Cl)c2)cc1. The molecule has 3 aromatic rings. The summed E-state index contributed by atoms with van der Waals surface area (Å²) in [5, 5.41) is 3.40. The van der Waals surface area contributed by atoms with Crippen LogP contribution < -0.4 is 16.0 Å². The highest BCUT2D eigenvalue weighted by molar-refractivity contribution is 6.31. The van der Waals surface area contributed by atoms with Gasteiger partial charge in [0, 0.05) is 22.9 Å². The number of anilines is 2. The summed E-state index contributed by atoms with van der Waals surface area (Å²) in [7, 11) is 0. The van der Waals surface area contributed by atoms with Crippen LogP contribution in [0.3, 0.4) is 0 Å². The molecular weight excluding hydrogens is 433 g/mol. The Morgan fingerprint density at radius 2 is 1.68 bits per heavy atom. The van der Waals surface area contributed by atoms with Crippen molar-refractivity contribution in [2.24, 2.45) is 0 Å². The Labute approximate surface area is 191 Å². The van der Waals surface area contributed by atoms with Crippen molar-refractivity contribution >= 4 is 46.4 Å². The van der Waals surface area contributed by atoms with Crippen molar-refractivity contribution in [3.05, 3.63) is 95.0 Å². The van der Waals surface area contributed by atoms with E-state index in [4.69, 9.17) is 28.9 Å². The molecule has 5 nitrogen and oxygen atoms in total. The van der Waals surface area contributed by atoms with Crippen LogP contribution in [0.5, 0.6) is 0 Å². The number of hydrogen-bond donors (Lipinski definition) is 2. The first-order valence-corrected chi connectivity index (χ1v) is 10.7. The molecular formula is C24H23Cl2N3O2. The number of alkyl halides is 1. The summed E-state index contributed by atoms with van der Waals surface area (Å²) in [6, 6.07) is 22.5.